The van der Waals surface area contributed by atoms with E-state index in [1.807, 2.05) is 25.1 Å². The van der Waals surface area contributed by atoms with Gasteiger partial charge in [0.05, 0.1) is 23.6 Å². The molecule has 0 aromatic carbocycles. The van der Waals surface area contributed by atoms with Crippen LogP contribution in [0.1, 0.15) is 44.3 Å². The summed E-state index contributed by atoms with van der Waals surface area (Å²) in [4.78, 5) is 4.26. The van der Waals surface area contributed by atoms with Crippen molar-refractivity contribution in [2.75, 3.05) is 5.75 Å². The lowest BCUT2D eigenvalue weighted by molar-refractivity contribution is 0.0273. The second-order valence-corrected chi connectivity index (χ2v) is 7.28. The van der Waals surface area contributed by atoms with Gasteiger partial charge in [-0.1, -0.05) is 19.4 Å². The van der Waals surface area contributed by atoms with Crippen molar-refractivity contribution in [2.45, 2.75) is 44.8 Å². The lowest BCUT2D eigenvalue weighted by Gasteiger charge is -2.37. The molecule has 1 aliphatic carbocycles. The van der Waals surface area contributed by atoms with Gasteiger partial charge in [-0.3, -0.25) is 4.98 Å². The van der Waals surface area contributed by atoms with E-state index in [4.69, 9.17) is 0 Å². The first-order valence-corrected chi connectivity index (χ1v) is 8.76. The molecule has 2 N–H and O–H groups in total. The molecule has 1 unspecified atom stereocenters. The zero-order valence-corrected chi connectivity index (χ0v) is 12.5. The summed E-state index contributed by atoms with van der Waals surface area (Å²) >= 11 is 0. The van der Waals surface area contributed by atoms with Crippen LogP contribution in [0.15, 0.2) is 24.4 Å². The van der Waals surface area contributed by atoms with Crippen LogP contribution in [0.5, 0.6) is 0 Å². The Bertz CT molecular complexity index is 512. The highest BCUT2D eigenvalue weighted by atomic mass is 32.2. The minimum atomic E-state index is -3.30. The Kier molecular flexibility index (Phi) is 5.12. The number of pyridine rings is 1. The number of hydrogen-bond acceptors (Lipinski definition) is 4. The molecule has 1 aromatic heterocycles. The molecule has 1 heterocycles. The molecule has 0 radical (unpaired) electrons. The number of aromatic nitrogens is 1. The summed E-state index contributed by atoms with van der Waals surface area (Å²) in [5, 5.41) is 9.46. The molecule has 1 aliphatic rings. The summed E-state index contributed by atoms with van der Waals surface area (Å²) in [7, 11) is -3.30. The molecule has 2 rings (SSSR count). The van der Waals surface area contributed by atoms with Gasteiger partial charge >= 0.3 is 0 Å². The third kappa shape index (κ3) is 4.01. The van der Waals surface area contributed by atoms with E-state index in [9.17, 15) is 13.5 Å². The Morgan fingerprint density at radius 3 is 2.75 bits per heavy atom. The van der Waals surface area contributed by atoms with Crippen molar-refractivity contribution >= 4 is 10.0 Å². The first-order chi connectivity index (χ1) is 9.52. The van der Waals surface area contributed by atoms with Gasteiger partial charge in [0, 0.05) is 6.20 Å². The van der Waals surface area contributed by atoms with E-state index in [1.54, 1.807) is 6.20 Å². The second kappa shape index (κ2) is 6.65. The molecular formula is C14H22N2O3S. The summed E-state index contributed by atoms with van der Waals surface area (Å²) in [5.41, 5.74) is 0.726. The van der Waals surface area contributed by atoms with Crippen molar-refractivity contribution in [3.05, 3.63) is 30.1 Å². The van der Waals surface area contributed by atoms with Gasteiger partial charge in [0.15, 0.2) is 0 Å². The quantitative estimate of drug-likeness (QED) is 0.801. The van der Waals surface area contributed by atoms with Crippen LogP contribution in [0, 0.1) is 5.92 Å². The number of unbranched alkanes of at least 4 members (excludes halogenated alkanes) is 1. The van der Waals surface area contributed by atoms with E-state index in [0.717, 1.165) is 12.1 Å². The van der Waals surface area contributed by atoms with Crippen LogP contribution >= 0.6 is 0 Å². The van der Waals surface area contributed by atoms with Crippen molar-refractivity contribution in [3.63, 3.8) is 0 Å². The molecule has 6 heteroatoms. The number of aliphatic hydroxyl groups is 1. The highest BCUT2D eigenvalue weighted by Gasteiger charge is 2.37. The van der Waals surface area contributed by atoms with E-state index < -0.39 is 10.0 Å². The van der Waals surface area contributed by atoms with Gasteiger partial charge in [0.25, 0.3) is 0 Å². The van der Waals surface area contributed by atoms with Gasteiger partial charge in [-0.2, -0.15) is 0 Å². The molecule has 0 amide bonds. The largest absolute Gasteiger partial charge is 0.393 e. The van der Waals surface area contributed by atoms with Crippen LogP contribution in [0.2, 0.25) is 0 Å². The number of rotatable bonds is 7. The van der Waals surface area contributed by atoms with Crippen molar-refractivity contribution in [2.24, 2.45) is 5.92 Å². The highest BCUT2D eigenvalue weighted by Crippen LogP contribution is 2.37. The zero-order valence-electron chi connectivity index (χ0n) is 11.7. The average Bonchev–Trinajstić information content (AvgIpc) is 2.41. The summed E-state index contributed by atoms with van der Waals surface area (Å²) in [5.74, 6) is 0.263. The van der Waals surface area contributed by atoms with Crippen LogP contribution in [0.25, 0.3) is 0 Å². The highest BCUT2D eigenvalue weighted by molar-refractivity contribution is 7.89. The summed E-state index contributed by atoms with van der Waals surface area (Å²) in [6, 6.07) is 5.16. The van der Waals surface area contributed by atoms with E-state index in [1.165, 1.54) is 0 Å². The molecule has 5 nitrogen and oxygen atoms in total. The summed E-state index contributed by atoms with van der Waals surface area (Å²) in [6.07, 6.45) is 4.09. The third-order valence-electron chi connectivity index (χ3n) is 3.70. The smallest absolute Gasteiger partial charge is 0.212 e. The predicted octanol–water partition coefficient (Wildman–Crippen LogP) is 1.61. The Hall–Kier alpha value is -0.980. The van der Waals surface area contributed by atoms with Crippen LogP contribution in [0.3, 0.4) is 0 Å². The molecule has 1 atom stereocenters. The van der Waals surface area contributed by atoms with Crippen LogP contribution in [-0.2, 0) is 10.0 Å². The summed E-state index contributed by atoms with van der Waals surface area (Å²) in [6.45, 7) is 1.97. The monoisotopic (exact) mass is 298 g/mol. The van der Waals surface area contributed by atoms with Crippen molar-refractivity contribution in [1.29, 1.82) is 0 Å². The van der Waals surface area contributed by atoms with E-state index in [-0.39, 0.29) is 23.8 Å². The van der Waals surface area contributed by atoms with Gasteiger partial charge in [-0.05, 0) is 37.3 Å². The normalized spacial score (nSPS) is 24.1. The molecule has 0 spiro atoms. The van der Waals surface area contributed by atoms with Crippen molar-refractivity contribution in [3.8, 4) is 0 Å². The van der Waals surface area contributed by atoms with Gasteiger partial charge in [-0.25, -0.2) is 13.1 Å². The first-order valence-electron chi connectivity index (χ1n) is 7.11. The van der Waals surface area contributed by atoms with Gasteiger partial charge in [0.2, 0.25) is 10.0 Å². The lowest BCUT2D eigenvalue weighted by atomic mass is 9.76. The number of nitrogens with one attached hydrogen (secondary N) is 1. The van der Waals surface area contributed by atoms with Gasteiger partial charge in [-0.15, -0.1) is 0 Å². The second-order valence-electron chi connectivity index (χ2n) is 5.41. The minimum Gasteiger partial charge on any atom is -0.393 e. The topological polar surface area (TPSA) is 79.3 Å². The maximum Gasteiger partial charge on any atom is 0.212 e. The van der Waals surface area contributed by atoms with Crippen molar-refractivity contribution < 1.29 is 13.5 Å². The molecule has 1 aromatic rings. The van der Waals surface area contributed by atoms with Gasteiger partial charge in [0.1, 0.15) is 0 Å². The van der Waals surface area contributed by atoms with Crippen LogP contribution in [0.4, 0.5) is 0 Å². The number of hydrogen-bond donors (Lipinski definition) is 2. The standard InChI is InChI=1S/C14H22N2O3S/c1-2-3-8-20(18,19)16-14(11-9-12(17)10-11)13-6-4-5-7-15-13/h4-7,11-12,14,16-17H,2-3,8-10H2,1H3. The Morgan fingerprint density at radius 2 is 2.20 bits per heavy atom. The number of sulfonamides is 1. The maximum absolute atomic E-state index is 12.1. The Morgan fingerprint density at radius 1 is 1.45 bits per heavy atom. The predicted molar refractivity (Wildman–Crippen MR) is 77.5 cm³/mol. The molecule has 112 valence electrons. The maximum atomic E-state index is 12.1. The molecule has 1 fully saturated rings. The van der Waals surface area contributed by atoms with E-state index in [2.05, 4.69) is 9.71 Å². The average molecular weight is 298 g/mol. The molecule has 20 heavy (non-hydrogen) atoms. The molecule has 0 saturated heterocycles. The molecular weight excluding hydrogens is 276 g/mol. The van der Waals surface area contributed by atoms with Gasteiger partial charge < -0.3 is 5.11 Å². The number of nitrogens with zero attached hydrogens (tertiary/aromatic N) is 1. The Balaban J connectivity index is 2.11. The molecule has 0 aliphatic heterocycles. The van der Waals surface area contributed by atoms with Crippen molar-refractivity contribution in [1.82, 2.24) is 9.71 Å². The lowest BCUT2D eigenvalue weighted by Crippen LogP contribution is -2.42. The third-order valence-corrected chi connectivity index (χ3v) is 5.14. The number of aliphatic hydroxyl groups excluding tert-OH is 1. The molecule has 0 bridgehead atoms. The SMILES string of the molecule is CCCCS(=O)(=O)NC(c1ccccn1)C1CC(O)C1. The fraction of sp³-hybridized carbons (Fsp3) is 0.643. The van der Waals surface area contributed by atoms with Crippen LogP contribution in [-0.4, -0.2) is 30.4 Å². The van der Waals surface area contributed by atoms with E-state index >= 15 is 0 Å². The molecule has 1 saturated carbocycles. The summed E-state index contributed by atoms with van der Waals surface area (Å²) < 4.78 is 27.0. The van der Waals surface area contributed by atoms with E-state index in [0.29, 0.717) is 19.3 Å². The van der Waals surface area contributed by atoms with Crippen LogP contribution < -0.4 is 4.72 Å². The fourth-order valence-electron chi connectivity index (χ4n) is 2.45. The fourth-order valence-corrected chi connectivity index (χ4v) is 3.93. The Labute approximate surface area is 120 Å². The zero-order chi connectivity index (χ0) is 14.6. The minimum absolute atomic E-state index is 0.122. The first kappa shape index (κ1) is 15.4.